The predicted molar refractivity (Wildman–Crippen MR) is 104 cm³/mol. The molecule has 26 heavy (non-hydrogen) atoms. The van der Waals surface area contributed by atoms with Crippen molar-refractivity contribution in [2.75, 3.05) is 13.1 Å². The first-order valence-corrected chi connectivity index (χ1v) is 9.65. The topological polar surface area (TPSA) is 61.0 Å². The average Bonchev–Trinajstić information content (AvgIpc) is 3.13. The average molecular weight is 354 g/mol. The highest BCUT2D eigenvalue weighted by atomic mass is 16.1. The summed E-state index contributed by atoms with van der Waals surface area (Å²) in [6.45, 7) is 10.4. The highest BCUT2D eigenvalue weighted by molar-refractivity contribution is 5.92. The molecule has 1 aromatic carbocycles. The van der Waals surface area contributed by atoms with Crippen molar-refractivity contribution in [3.8, 4) is 0 Å². The summed E-state index contributed by atoms with van der Waals surface area (Å²) in [4.78, 5) is 14.7. The van der Waals surface area contributed by atoms with Gasteiger partial charge in [0.2, 0.25) is 0 Å². The Balaban J connectivity index is 1.48. The molecule has 0 radical (unpaired) electrons. The number of H-pyrrole nitrogens is 1. The van der Waals surface area contributed by atoms with Gasteiger partial charge >= 0.3 is 0 Å². The lowest BCUT2D eigenvalue weighted by Crippen LogP contribution is -2.32. The van der Waals surface area contributed by atoms with E-state index in [1.807, 2.05) is 6.07 Å². The second-order valence-electron chi connectivity index (χ2n) is 7.82. The van der Waals surface area contributed by atoms with Crippen LogP contribution in [0.2, 0.25) is 0 Å². The van der Waals surface area contributed by atoms with E-state index >= 15 is 0 Å². The molecule has 1 fully saturated rings. The van der Waals surface area contributed by atoms with Crippen molar-refractivity contribution in [3.63, 3.8) is 0 Å². The number of rotatable bonds is 6. The predicted octanol–water partition coefficient (Wildman–Crippen LogP) is 3.70. The maximum atomic E-state index is 12.2. The third-order valence-electron chi connectivity index (χ3n) is 5.21. The molecule has 2 aromatic rings. The van der Waals surface area contributed by atoms with Crippen LogP contribution in [0.5, 0.6) is 0 Å². The van der Waals surface area contributed by atoms with Crippen LogP contribution in [0.4, 0.5) is 0 Å². The van der Waals surface area contributed by atoms with Crippen molar-refractivity contribution in [2.45, 2.75) is 52.6 Å². The van der Waals surface area contributed by atoms with Gasteiger partial charge in [-0.05, 0) is 55.0 Å². The number of aromatic amines is 1. The normalized spacial score (nSPS) is 16.2. The summed E-state index contributed by atoms with van der Waals surface area (Å²) in [6.07, 6.45) is 2.60. The summed E-state index contributed by atoms with van der Waals surface area (Å²) in [7, 11) is 0. The molecule has 0 unspecified atom stereocenters. The SMILES string of the molecule is CC1CCN(Cc2ccc(CNC(=O)c3cc(C(C)C)[nH]n3)cc2)CC1. The second kappa shape index (κ2) is 8.49. The molecule has 140 valence electrons. The fourth-order valence-electron chi connectivity index (χ4n) is 3.26. The van der Waals surface area contributed by atoms with E-state index in [4.69, 9.17) is 0 Å². The monoisotopic (exact) mass is 354 g/mol. The van der Waals surface area contributed by atoms with Crippen LogP contribution in [0.3, 0.4) is 0 Å². The van der Waals surface area contributed by atoms with Crippen molar-refractivity contribution < 1.29 is 4.79 Å². The third kappa shape index (κ3) is 4.94. The van der Waals surface area contributed by atoms with Crippen LogP contribution in [0.25, 0.3) is 0 Å². The number of likely N-dealkylation sites (tertiary alicyclic amines) is 1. The molecule has 1 aliphatic rings. The van der Waals surface area contributed by atoms with Crippen molar-refractivity contribution in [2.24, 2.45) is 5.92 Å². The minimum Gasteiger partial charge on any atom is -0.347 e. The highest BCUT2D eigenvalue weighted by Crippen LogP contribution is 2.18. The molecule has 0 spiro atoms. The van der Waals surface area contributed by atoms with E-state index in [0.717, 1.165) is 23.7 Å². The second-order valence-corrected chi connectivity index (χ2v) is 7.82. The first kappa shape index (κ1) is 18.6. The van der Waals surface area contributed by atoms with Crippen LogP contribution < -0.4 is 5.32 Å². The standard InChI is InChI=1S/C21H30N4O/c1-15(2)19-12-20(24-23-19)21(26)22-13-17-4-6-18(7-5-17)14-25-10-8-16(3)9-11-25/h4-7,12,15-16H,8-11,13-14H2,1-3H3,(H,22,26)(H,23,24). The number of hydrogen-bond acceptors (Lipinski definition) is 3. The zero-order valence-electron chi connectivity index (χ0n) is 16.1. The number of piperidine rings is 1. The summed E-state index contributed by atoms with van der Waals surface area (Å²) >= 11 is 0. The highest BCUT2D eigenvalue weighted by Gasteiger charge is 2.15. The number of benzene rings is 1. The van der Waals surface area contributed by atoms with Gasteiger partial charge in [-0.2, -0.15) is 5.10 Å². The van der Waals surface area contributed by atoms with Gasteiger partial charge in [0.1, 0.15) is 5.69 Å². The molecular weight excluding hydrogens is 324 g/mol. The molecular formula is C21H30N4O. The Labute approximate surface area is 156 Å². The molecule has 1 aliphatic heterocycles. The van der Waals surface area contributed by atoms with Gasteiger partial charge in [-0.15, -0.1) is 0 Å². The Kier molecular flexibility index (Phi) is 6.09. The Bertz CT molecular complexity index is 712. The molecule has 0 saturated carbocycles. The molecule has 1 amide bonds. The zero-order chi connectivity index (χ0) is 18.5. The van der Waals surface area contributed by atoms with Gasteiger partial charge in [0.25, 0.3) is 5.91 Å². The van der Waals surface area contributed by atoms with Gasteiger partial charge < -0.3 is 5.32 Å². The fourth-order valence-corrected chi connectivity index (χ4v) is 3.26. The summed E-state index contributed by atoms with van der Waals surface area (Å²) in [5, 5.41) is 9.95. The third-order valence-corrected chi connectivity index (χ3v) is 5.21. The van der Waals surface area contributed by atoms with Crippen LogP contribution in [-0.4, -0.2) is 34.1 Å². The number of nitrogens with one attached hydrogen (secondary N) is 2. The van der Waals surface area contributed by atoms with Gasteiger partial charge in [-0.3, -0.25) is 14.8 Å². The van der Waals surface area contributed by atoms with Gasteiger partial charge in [0.05, 0.1) is 0 Å². The van der Waals surface area contributed by atoms with Crippen LogP contribution in [0.1, 0.15) is 66.8 Å². The van der Waals surface area contributed by atoms with Crippen LogP contribution in [0, 0.1) is 5.92 Å². The Morgan fingerprint density at radius 1 is 1.23 bits per heavy atom. The molecule has 2 heterocycles. The Morgan fingerprint density at radius 2 is 1.88 bits per heavy atom. The van der Waals surface area contributed by atoms with E-state index in [1.54, 1.807) is 0 Å². The van der Waals surface area contributed by atoms with Crippen LogP contribution in [-0.2, 0) is 13.1 Å². The molecule has 2 N–H and O–H groups in total. The number of hydrogen-bond donors (Lipinski definition) is 2. The van der Waals surface area contributed by atoms with Crippen molar-refractivity contribution in [1.82, 2.24) is 20.4 Å². The van der Waals surface area contributed by atoms with Crippen LogP contribution >= 0.6 is 0 Å². The van der Waals surface area contributed by atoms with Crippen molar-refractivity contribution in [1.29, 1.82) is 0 Å². The van der Waals surface area contributed by atoms with E-state index in [0.29, 0.717) is 18.2 Å². The van der Waals surface area contributed by atoms with Crippen molar-refractivity contribution >= 4 is 5.91 Å². The Hall–Kier alpha value is -2.14. The molecule has 1 saturated heterocycles. The van der Waals surface area contributed by atoms with Gasteiger partial charge in [0.15, 0.2) is 0 Å². The molecule has 3 rings (SSSR count). The number of aromatic nitrogens is 2. The summed E-state index contributed by atoms with van der Waals surface area (Å²) in [6, 6.07) is 10.4. The molecule has 0 atom stereocenters. The largest absolute Gasteiger partial charge is 0.347 e. The minimum atomic E-state index is -0.139. The first-order valence-electron chi connectivity index (χ1n) is 9.65. The van der Waals surface area contributed by atoms with E-state index < -0.39 is 0 Å². The molecule has 0 aliphatic carbocycles. The van der Waals surface area contributed by atoms with Gasteiger partial charge in [-0.25, -0.2) is 0 Å². The van der Waals surface area contributed by atoms with E-state index in [9.17, 15) is 4.79 Å². The number of nitrogens with zero attached hydrogens (tertiary/aromatic N) is 2. The lowest BCUT2D eigenvalue weighted by Gasteiger charge is -2.30. The van der Waals surface area contributed by atoms with E-state index in [1.165, 1.54) is 31.5 Å². The maximum absolute atomic E-state index is 12.2. The molecule has 0 bridgehead atoms. The summed E-state index contributed by atoms with van der Waals surface area (Å²) in [5.74, 6) is 1.06. The summed E-state index contributed by atoms with van der Waals surface area (Å²) < 4.78 is 0. The lowest BCUT2D eigenvalue weighted by atomic mass is 9.99. The zero-order valence-corrected chi connectivity index (χ0v) is 16.1. The summed E-state index contributed by atoms with van der Waals surface area (Å²) in [5.41, 5.74) is 3.87. The van der Waals surface area contributed by atoms with Crippen LogP contribution in [0.15, 0.2) is 30.3 Å². The molecule has 1 aromatic heterocycles. The molecule has 5 nitrogen and oxygen atoms in total. The first-order chi connectivity index (χ1) is 12.5. The molecule has 5 heteroatoms. The number of amides is 1. The van der Waals surface area contributed by atoms with E-state index in [-0.39, 0.29) is 5.91 Å². The number of carbonyl (C=O) groups excluding carboxylic acids is 1. The Morgan fingerprint density at radius 3 is 2.50 bits per heavy atom. The van der Waals surface area contributed by atoms with Gasteiger partial charge in [0, 0.05) is 18.8 Å². The van der Waals surface area contributed by atoms with E-state index in [2.05, 4.69) is 65.5 Å². The fraction of sp³-hybridized carbons (Fsp3) is 0.524. The smallest absolute Gasteiger partial charge is 0.272 e. The minimum absolute atomic E-state index is 0.139. The maximum Gasteiger partial charge on any atom is 0.272 e. The number of carbonyl (C=O) groups is 1. The quantitative estimate of drug-likeness (QED) is 0.831. The lowest BCUT2D eigenvalue weighted by molar-refractivity contribution is 0.0946. The van der Waals surface area contributed by atoms with Crippen molar-refractivity contribution in [3.05, 3.63) is 52.8 Å². The van der Waals surface area contributed by atoms with Gasteiger partial charge in [-0.1, -0.05) is 45.0 Å².